The molecule has 1 amide bonds. The number of carbonyl (C=O) groups excluding carboxylic acids is 1. The predicted octanol–water partition coefficient (Wildman–Crippen LogP) is 3.00. The normalized spacial score (nSPS) is 17.8. The summed E-state index contributed by atoms with van der Waals surface area (Å²) in [6.45, 7) is 3.40. The molecule has 0 saturated carbocycles. The highest BCUT2D eigenvalue weighted by atomic mass is 19.1. The largest absolute Gasteiger partial charge is 0.370 e. The van der Waals surface area contributed by atoms with Crippen molar-refractivity contribution in [1.29, 1.82) is 0 Å². The zero-order valence-corrected chi connectivity index (χ0v) is 13.9. The van der Waals surface area contributed by atoms with Crippen LogP contribution < -0.4 is 0 Å². The molecule has 0 spiro atoms. The Balaban J connectivity index is 1.59. The Morgan fingerprint density at radius 2 is 2.08 bits per heavy atom. The van der Waals surface area contributed by atoms with Crippen molar-refractivity contribution in [3.8, 4) is 0 Å². The van der Waals surface area contributed by atoms with Gasteiger partial charge >= 0.3 is 0 Å². The fourth-order valence-electron chi connectivity index (χ4n) is 3.13. The van der Waals surface area contributed by atoms with Crippen LogP contribution in [0.2, 0.25) is 0 Å². The number of carbonyl (C=O) groups is 1. The highest BCUT2D eigenvalue weighted by molar-refractivity contribution is 6.00. The summed E-state index contributed by atoms with van der Waals surface area (Å²) in [6.07, 6.45) is 3.21. The van der Waals surface area contributed by atoms with Crippen LogP contribution in [0.1, 0.15) is 27.6 Å². The lowest BCUT2D eigenvalue weighted by molar-refractivity contribution is -0.0227. The minimum absolute atomic E-state index is 0.0592. The summed E-state index contributed by atoms with van der Waals surface area (Å²) in [4.78, 5) is 14.7. The van der Waals surface area contributed by atoms with E-state index >= 15 is 0 Å². The maximum Gasteiger partial charge on any atom is 0.257 e. The van der Waals surface area contributed by atoms with E-state index in [9.17, 15) is 9.18 Å². The number of aromatic nitrogens is 2. The Kier molecular flexibility index (Phi) is 3.97. The molecule has 6 heteroatoms. The summed E-state index contributed by atoms with van der Waals surface area (Å²) in [5.74, 6) is -0.342. The average molecular weight is 339 g/mol. The van der Waals surface area contributed by atoms with E-state index in [0.29, 0.717) is 25.3 Å². The van der Waals surface area contributed by atoms with Gasteiger partial charge in [0.25, 0.3) is 5.91 Å². The Bertz CT molecular complexity index is 920. The molecule has 1 saturated heterocycles. The molecule has 1 aliphatic rings. The second-order valence-corrected chi connectivity index (χ2v) is 6.25. The van der Waals surface area contributed by atoms with Gasteiger partial charge in [-0.2, -0.15) is 5.10 Å². The number of ether oxygens (including phenoxy) is 1. The van der Waals surface area contributed by atoms with Gasteiger partial charge < -0.3 is 9.64 Å². The van der Waals surface area contributed by atoms with E-state index in [4.69, 9.17) is 4.74 Å². The van der Waals surface area contributed by atoms with Crippen molar-refractivity contribution in [3.05, 3.63) is 71.3 Å². The monoisotopic (exact) mass is 339 g/mol. The Morgan fingerprint density at radius 3 is 2.88 bits per heavy atom. The van der Waals surface area contributed by atoms with E-state index < -0.39 is 0 Å². The summed E-state index contributed by atoms with van der Waals surface area (Å²) >= 11 is 0. The average Bonchev–Trinajstić information content (AvgIpc) is 3.05. The zero-order valence-electron chi connectivity index (χ0n) is 13.9. The summed E-state index contributed by atoms with van der Waals surface area (Å²) in [6, 6.07) is 10.1. The van der Waals surface area contributed by atoms with Crippen molar-refractivity contribution < 1.29 is 13.9 Å². The molecule has 128 valence electrons. The number of pyridine rings is 1. The van der Waals surface area contributed by atoms with Crippen LogP contribution in [0.4, 0.5) is 4.39 Å². The molecule has 0 bridgehead atoms. The van der Waals surface area contributed by atoms with Gasteiger partial charge in [-0.15, -0.1) is 0 Å². The van der Waals surface area contributed by atoms with Gasteiger partial charge in [-0.25, -0.2) is 8.91 Å². The first-order chi connectivity index (χ1) is 12.1. The standard InChI is InChI=1S/C19H18FN3O2/c1-13-6-7-23-17(10-13)16(11-21-23)19(24)22-8-9-25-18(12-22)14-2-4-15(20)5-3-14/h2-7,10-11,18H,8-9,12H2,1H3. The second kappa shape index (κ2) is 6.29. The van der Waals surface area contributed by atoms with Crippen LogP contribution in [-0.2, 0) is 4.74 Å². The lowest BCUT2D eigenvalue weighted by atomic mass is 10.1. The van der Waals surface area contributed by atoms with Gasteiger partial charge in [0.15, 0.2) is 0 Å². The van der Waals surface area contributed by atoms with Gasteiger partial charge in [-0.05, 0) is 42.3 Å². The van der Waals surface area contributed by atoms with E-state index in [1.807, 2.05) is 25.3 Å². The molecule has 1 fully saturated rings. The van der Waals surface area contributed by atoms with Crippen LogP contribution >= 0.6 is 0 Å². The predicted molar refractivity (Wildman–Crippen MR) is 90.9 cm³/mol. The number of benzene rings is 1. The quantitative estimate of drug-likeness (QED) is 0.721. The molecule has 0 N–H and O–H groups in total. The molecule has 3 heterocycles. The fourth-order valence-corrected chi connectivity index (χ4v) is 3.13. The molecule has 1 aliphatic heterocycles. The summed E-state index contributed by atoms with van der Waals surface area (Å²) in [5, 5.41) is 4.26. The SMILES string of the molecule is Cc1ccn2ncc(C(=O)N3CCOC(c4ccc(F)cc4)C3)c2c1. The van der Waals surface area contributed by atoms with E-state index in [2.05, 4.69) is 5.10 Å². The Labute approximate surface area is 144 Å². The van der Waals surface area contributed by atoms with Crippen LogP contribution in [0, 0.1) is 12.7 Å². The zero-order chi connectivity index (χ0) is 17.4. The van der Waals surface area contributed by atoms with Crippen molar-refractivity contribution in [2.75, 3.05) is 19.7 Å². The molecule has 0 radical (unpaired) electrons. The minimum Gasteiger partial charge on any atom is -0.370 e. The van der Waals surface area contributed by atoms with Gasteiger partial charge in [0, 0.05) is 12.7 Å². The molecule has 3 aromatic rings. The van der Waals surface area contributed by atoms with Gasteiger partial charge in [-0.3, -0.25) is 4.79 Å². The lowest BCUT2D eigenvalue weighted by Crippen LogP contribution is -2.42. The second-order valence-electron chi connectivity index (χ2n) is 6.25. The molecule has 4 rings (SSSR count). The third kappa shape index (κ3) is 3.00. The van der Waals surface area contributed by atoms with Crippen LogP contribution in [0.15, 0.2) is 48.8 Å². The Morgan fingerprint density at radius 1 is 1.28 bits per heavy atom. The number of amides is 1. The molecule has 1 aromatic carbocycles. The van der Waals surface area contributed by atoms with Crippen molar-refractivity contribution in [2.24, 2.45) is 0 Å². The van der Waals surface area contributed by atoms with E-state index in [-0.39, 0.29) is 17.8 Å². The molecule has 25 heavy (non-hydrogen) atoms. The lowest BCUT2D eigenvalue weighted by Gasteiger charge is -2.33. The number of morpholine rings is 1. The summed E-state index contributed by atoms with van der Waals surface area (Å²) in [5.41, 5.74) is 3.33. The molecule has 1 atom stereocenters. The van der Waals surface area contributed by atoms with Crippen LogP contribution in [-0.4, -0.2) is 40.1 Å². The molecule has 2 aromatic heterocycles. The highest BCUT2D eigenvalue weighted by Crippen LogP contribution is 2.24. The topological polar surface area (TPSA) is 46.8 Å². The number of aryl methyl sites for hydroxylation is 1. The Hall–Kier alpha value is -2.73. The first-order valence-electron chi connectivity index (χ1n) is 8.22. The summed E-state index contributed by atoms with van der Waals surface area (Å²) in [7, 11) is 0. The summed E-state index contributed by atoms with van der Waals surface area (Å²) < 4.78 is 20.6. The number of halogens is 1. The number of hydrogen-bond donors (Lipinski definition) is 0. The molecular formula is C19H18FN3O2. The highest BCUT2D eigenvalue weighted by Gasteiger charge is 2.27. The van der Waals surface area contributed by atoms with Crippen LogP contribution in [0.5, 0.6) is 0 Å². The molecule has 1 unspecified atom stereocenters. The maximum absolute atomic E-state index is 13.1. The number of nitrogens with zero attached hydrogens (tertiary/aromatic N) is 3. The number of hydrogen-bond acceptors (Lipinski definition) is 3. The van der Waals surface area contributed by atoms with E-state index in [1.54, 1.807) is 27.7 Å². The van der Waals surface area contributed by atoms with Crippen LogP contribution in [0.3, 0.4) is 0 Å². The van der Waals surface area contributed by atoms with E-state index in [1.165, 1.54) is 12.1 Å². The van der Waals surface area contributed by atoms with Gasteiger partial charge in [0.1, 0.15) is 11.9 Å². The van der Waals surface area contributed by atoms with Gasteiger partial charge in [0.05, 0.1) is 30.4 Å². The molecule has 0 aliphatic carbocycles. The van der Waals surface area contributed by atoms with Crippen molar-refractivity contribution in [2.45, 2.75) is 13.0 Å². The smallest absolute Gasteiger partial charge is 0.257 e. The first kappa shape index (κ1) is 15.8. The van der Waals surface area contributed by atoms with E-state index in [0.717, 1.165) is 16.6 Å². The minimum atomic E-state index is -0.283. The van der Waals surface area contributed by atoms with Crippen LogP contribution in [0.25, 0.3) is 5.52 Å². The first-order valence-corrected chi connectivity index (χ1v) is 8.22. The van der Waals surface area contributed by atoms with Gasteiger partial charge in [-0.1, -0.05) is 12.1 Å². The number of fused-ring (bicyclic) bond motifs is 1. The third-order valence-corrected chi connectivity index (χ3v) is 4.50. The molecular weight excluding hydrogens is 321 g/mol. The number of rotatable bonds is 2. The van der Waals surface area contributed by atoms with Gasteiger partial charge in [0.2, 0.25) is 0 Å². The van der Waals surface area contributed by atoms with Crippen molar-refractivity contribution >= 4 is 11.4 Å². The fraction of sp³-hybridized carbons (Fsp3) is 0.263. The van der Waals surface area contributed by atoms with Crippen molar-refractivity contribution in [1.82, 2.24) is 14.5 Å². The van der Waals surface area contributed by atoms with Crippen molar-refractivity contribution in [3.63, 3.8) is 0 Å². The third-order valence-electron chi connectivity index (χ3n) is 4.50. The molecule has 5 nitrogen and oxygen atoms in total. The maximum atomic E-state index is 13.1.